The van der Waals surface area contributed by atoms with Gasteiger partial charge < -0.3 is 5.32 Å². The Morgan fingerprint density at radius 2 is 2.22 bits per heavy atom. The van der Waals surface area contributed by atoms with Gasteiger partial charge in [0, 0.05) is 23.3 Å². The van der Waals surface area contributed by atoms with E-state index in [4.69, 9.17) is 11.6 Å². The second-order valence-corrected chi connectivity index (χ2v) is 5.83. The molecule has 18 heavy (non-hydrogen) atoms. The van der Waals surface area contributed by atoms with Gasteiger partial charge >= 0.3 is 0 Å². The van der Waals surface area contributed by atoms with Crippen LogP contribution in [0.1, 0.15) is 15.3 Å². The number of nitrogens with one attached hydrogen (secondary N) is 1. The fraction of sp³-hybridized carbons (Fsp3) is 0.333. The maximum absolute atomic E-state index is 11.6. The van der Waals surface area contributed by atoms with Gasteiger partial charge in [-0.3, -0.25) is 4.79 Å². The number of aryl methyl sites for hydroxylation is 3. The summed E-state index contributed by atoms with van der Waals surface area (Å²) in [5.74, 6) is 0. The van der Waals surface area contributed by atoms with Crippen molar-refractivity contribution in [3.05, 3.63) is 43.0 Å². The van der Waals surface area contributed by atoms with E-state index in [0.29, 0.717) is 12.2 Å². The Morgan fingerprint density at radius 1 is 1.50 bits per heavy atom. The van der Waals surface area contributed by atoms with Crippen LogP contribution in [0, 0.1) is 13.8 Å². The fourth-order valence-electron chi connectivity index (χ4n) is 1.55. The number of hydrogen-bond donors (Lipinski definition) is 1. The highest BCUT2D eigenvalue weighted by molar-refractivity contribution is 7.12. The van der Waals surface area contributed by atoms with Gasteiger partial charge in [-0.15, -0.1) is 11.3 Å². The Hall–Kier alpha value is -1.33. The number of halogens is 1. The van der Waals surface area contributed by atoms with Crippen molar-refractivity contribution < 1.29 is 0 Å². The molecule has 96 valence electrons. The molecule has 0 bridgehead atoms. The number of thiophene rings is 1. The van der Waals surface area contributed by atoms with Crippen molar-refractivity contribution in [1.29, 1.82) is 0 Å². The fourth-order valence-corrected chi connectivity index (χ4v) is 2.78. The second-order valence-electron chi connectivity index (χ2n) is 4.11. The van der Waals surface area contributed by atoms with Crippen LogP contribution in [-0.4, -0.2) is 9.78 Å². The molecule has 0 atom stereocenters. The third kappa shape index (κ3) is 2.57. The molecule has 0 saturated carbocycles. The van der Waals surface area contributed by atoms with E-state index in [0.717, 1.165) is 0 Å². The lowest BCUT2D eigenvalue weighted by atomic mass is 10.3. The normalized spacial score (nSPS) is 10.7. The maximum atomic E-state index is 11.6. The van der Waals surface area contributed by atoms with Gasteiger partial charge in [0.15, 0.2) is 0 Å². The molecule has 0 saturated heterocycles. The molecule has 0 fully saturated rings. The molecule has 1 N–H and O–H groups in total. The molecule has 0 amide bonds. The van der Waals surface area contributed by atoms with Gasteiger partial charge in [-0.05, 0) is 25.5 Å². The summed E-state index contributed by atoms with van der Waals surface area (Å²) >= 11 is 7.71. The monoisotopic (exact) mass is 283 g/mol. The van der Waals surface area contributed by atoms with Gasteiger partial charge in [-0.25, -0.2) is 4.68 Å². The smallest absolute Gasteiger partial charge is 0.287 e. The SMILES string of the molecule is Cc1cc(CNc2cnn(C)c(=O)c2Cl)sc1C. The van der Waals surface area contributed by atoms with Crippen LogP contribution in [0.25, 0.3) is 0 Å². The Labute approximate surface area is 114 Å². The first-order chi connectivity index (χ1) is 8.49. The molecule has 0 radical (unpaired) electrons. The summed E-state index contributed by atoms with van der Waals surface area (Å²) in [5, 5.41) is 7.25. The van der Waals surface area contributed by atoms with Crippen molar-refractivity contribution in [3.63, 3.8) is 0 Å². The average molecular weight is 284 g/mol. The molecule has 2 rings (SSSR count). The van der Waals surface area contributed by atoms with Crippen molar-refractivity contribution in [2.75, 3.05) is 5.32 Å². The maximum Gasteiger partial charge on any atom is 0.287 e. The van der Waals surface area contributed by atoms with Gasteiger partial charge in [-0.2, -0.15) is 5.10 Å². The van der Waals surface area contributed by atoms with E-state index in [1.54, 1.807) is 24.6 Å². The van der Waals surface area contributed by atoms with E-state index in [9.17, 15) is 4.79 Å². The molecule has 0 aliphatic carbocycles. The van der Waals surface area contributed by atoms with E-state index >= 15 is 0 Å². The number of anilines is 1. The highest BCUT2D eigenvalue weighted by Crippen LogP contribution is 2.22. The molecule has 0 aliphatic rings. The van der Waals surface area contributed by atoms with E-state index in [2.05, 4.69) is 30.3 Å². The average Bonchev–Trinajstić information content (AvgIpc) is 2.65. The zero-order chi connectivity index (χ0) is 13.3. The number of nitrogens with zero attached hydrogens (tertiary/aromatic N) is 2. The minimum absolute atomic E-state index is 0.178. The van der Waals surface area contributed by atoms with Crippen molar-refractivity contribution in [3.8, 4) is 0 Å². The van der Waals surface area contributed by atoms with Crippen LogP contribution in [0.15, 0.2) is 17.1 Å². The highest BCUT2D eigenvalue weighted by atomic mass is 35.5. The van der Waals surface area contributed by atoms with Crippen molar-refractivity contribution in [2.24, 2.45) is 7.05 Å². The van der Waals surface area contributed by atoms with Crippen LogP contribution >= 0.6 is 22.9 Å². The Balaban J connectivity index is 2.16. The molecule has 0 unspecified atom stereocenters. The lowest BCUT2D eigenvalue weighted by molar-refractivity contribution is 0.708. The molecule has 2 aromatic rings. The van der Waals surface area contributed by atoms with E-state index in [1.165, 1.54) is 20.0 Å². The standard InChI is InChI=1S/C12H14ClN3OS/c1-7-4-9(18-8(7)2)5-14-10-6-15-16(3)12(17)11(10)13/h4,6,14H,5H2,1-3H3. The van der Waals surface area contributed by atoms with Crippen molar-refractivity contribution in [1.82, 2.24) is 9.78 Å². The zero-order valence-electron chi connectivity index (χ0n) is 10.5. The summed E-state index contributed by atoms with van der Waals surface area (Å²) < 4.78 is 1.22. The first-order valence-electron chi connectivity index (χ1n) is 5.50. The van der Waals surface area contributed by atoms with E-state index in [1.807, 2.05) is 0 Å². The predicted molar refractivity (Wildman–Crippen MR) is 75.6 cm³/mol. The number of aromatic nitrogens is 2. The Morgan fingerprint density at radius 3 is 2.83 bits per heavy atom. The molecule has 6 heteroatoms. The number of hydrogen-bond acceptors (Lipinski definition) is 4. The van der Waals surface area contributed by atoms with Gasteiger partial charge in [0.05, 0.1) is 11.9 Å². The Kier molecular flexibility index (Phi) is 3.73. The third-order valence-corrected chi connectivity index (χ3v) is 4.27. The van der Waals surface area contributed by atoms with Crippen LogP contribution in [0.5, 0.6) is 0 Å². The van der Waals surface area contributed by atoms with Gasteiger partial charge in [0.1, 0.15) is 5.02 Å². The largest absolute Gasteiger partial charge is 0.377 e. The van der Waals surface area contributed by atoms with Crippen LogP contribution in [0.3, 0.4) is 0 Å². The quantitative estimate of drug-likeness (QED) is 0.942. The molecular formula is C12H14ClN3OS. The Bertz CT molecular complexity index is 613. The van der Waals surface area contributed by atoms with Crippen LogP contribution in [-0.2, 0) is 13.6 Å². The van der Waals surface area contributed by atoms with Crippen LogP contribution in [0.4, 0.5) is 5.69 Å². The topological polar surface area (TPSA) is 46.9 Å². The summed E-state index contributed by atoms with van der Waals surface area (Å²) in [6, 6.07) is 2.13. The van der Waals surface area contributed by atoms with E-state index in [-0.39, 0.29) is 10.6 Å². The lowest BCUT2D eigenvalue weighted by Crippen LogP contribution is -2.20. The van der Waals surface area contributed by atoms with Crippen LogP contribution < -0.4 is 10.9 Å². The van der Waals surface area contributed by atoms with Gasteiger partial charge in [-0.1, -0.05) is 11.6 Å². The second kappa shape index (κ2) is 5.12. The molecule has 2 heterocycles. The number of rotatable bonds is 3. The van der Waals surface area contributed by atoms with Gasteiger partial charge in [0.25, 0.3) is 5.56 Å². The van der Waals surface area contributed by atoms with Gasteiger partial charge in [0.2, 0.25) is 0 Å². The molecule has 0 aromatic carbocycles. The lowest BCUT2D eigenvalue weighted by Gasteiger charge is -2.06. The molecule has 0 spiro atoms. The van der Waals surface area contributed by atoms with Crippen molar-refractivity contribution in [2.45, 2.75) is 20.4 Å². The summed E-state index contributed by atoms with van der Waals surface area (Å²) in [7, 11) is 1.57. The highest BCUT2D eigenvalue weighted by Gasteiger charge is 2.08. The predicted octanol–water partition coefficient (Wildman–Crippen LogP) is 2.72. The zero-order valence-corrected chi connectivity index (χ0v) is 12.0. The summed E-state index contributed by atoms with van der Waals surface area (Å²) in [4.78, 5) is 14.1. The minimum atomic E-state index is -0.291. The third-order valence-electron chi connectivity index (χ3n) is 2.75. The summed E-state index contributed by atoms with van der Waals surface area (Å²) in [6.07, 6.45) is 1.57. The van der Waals surface area contributed by atoms with E-state index < -0.39 is 0 Å². The molecule has 4 nitrogen and oxygen atoms in total. The molecule has 0 aliphatic heterocycles. The minimum Gasteiger partial charge on any atom is -0.377 e. The first-order valence-corrected chi connectivity index (χ1v) is 6.70. The van der Waals surface area contributed by atoms with Crippen molar-refractivity contribution >= 4 is 28.6 Å². The first kappa shape index (κ1) is 13.1. The molecular weight excluding hydrogens is 270 g/mol. The van der Waals surface area contributed by atoms with Crippen LogP contribution in [0.2, 0.25) is 5.02 Å². The molecule has 2 aromatic heterocycles. The summed E-state index contributed by atoms with van der Waals surface area (Å²) in [5.41, 5.74) is 1.56. The summed E-state index contributed by atoms with van der Waals surface area (Å²) in [6.45, 7) is 4.83.